The van der Waals surface area contributed by atoms with Crippen molar-refractivity contribution in [2.45, 2.75) is 26.3 Å². The van der Waals surface area contributed by atoms with E-state index in [1.165, 1.54) is 21.9 Å². The van der Waals surface area contributed by atoms with E-state index >= 15 is 0 Å². The van der Waals surface area contributed by atoms with Crippen molar-refractivity contribution in [2.24, 2.45) is 5.73 Å². The van der Waals surface area contributed by atoms with E-state index in [-0.39, 0.29) is 6.04 Å². The van der Waals surface area contributed by atoms with Crippen molar-refractivity contribution in [3.8, 4) is 0 Å². The van der Waals surface area contributed by atoms with Crippen LogP contribution >= 0.6 is 0 Å². The Hall–Kier alpha value is -1.34. The Morgan fingerprint density at radius 1 is 1.20 bits per heavy atom. The molecule has 0 aliphatic heterocycles. The molecule has 1 heteroatoms. The Morgan fingerprint density at radius 3 is 2.73 bits per heavy atom. The molecule has 0 saturated heterocycles. The van der Waals surface area contributed by atoms with E-state index in [0.717, 1.165) is 6.42 Å². The molecule has 2 aromatic rings. The van der Waals surface area contributed by atoms with Crippen LogP contribution in [-0.4, -0.2) is 0 Å². The summed E-state index contributed by atoms with van der Waals surface area (Å²) in [6.45, 7) is 4.26. The van der Waals surface area contributed by atoms with Crippen molar-refractivity contribution < 1.29 is 0 Å². The van der Waals surface area contributed by atoms with Crippen LogP contribution in [0.15, 0.2) is 36.4 Å². The highest BCUT2D eigenvalue weighted by molar-refractivity contribution is 5.86. The third-order valence-corrected chi connectivity index (χ3v) is 2.99. The van der Waals surface area contributed by atoms with E-state index in [4.69, 9.17) is 5.73 Å². The van der Waals surface area contributed by atoms with E-state index in [0.29, 0.717) is 0 Å². The van der Waals surface area contributed by atoms with Gasteiger partial charge in [-0.3, -0.25) is 0 Å². The Morgan fingerprint density at radius 2 is 2.00 bits per heavy atom. The predicted octanol–water partition coefficient (Wildman–Crippen LogP) is 3.56. The fraction of sp³-hybridized carbons (Fsp3) is 0.286. The Labute approximate surface area is 90.9 Å². The van der Waals surface area contributed by atoms with E-state index < -0.39 is 0 Å². The molecule has 1 atom stereocenters. The smallest absolute Gasteiger partial charge is 0.0292 e. The first-order valence-corrected chi connectivity index (χ1v) is 5.47. The van der Waals surface area contributed by atoms with Gasteiger partial charge in [0, 0.05) is 6.04 Å². The summed E-state index contributed by atoms with van der Waals surface area (Å²) in [6.07, 6.45) is 0.983. The van der Waals surface area contributed by atoms with Crippen molar-refractivity contribution in [2.75, 3.05) is 0 Å². The minimum atomic E-state index is 0.162. The molecule has 0 bridgehead atoms. The molecule has 0 aromatic heterocycles. The van der Waals surface area contributed by atoms with Crippen LogP contribution in [0.2, 0.25) is 0 Å². The summed E-state index contributed by atoms with van der Waals surface area (Å²) in [5, 5.41) is 2.61. The van der Waals surface area contributed by atoms with E-state index in [9.17, 15) is 0 Å². The molecule has 2 rings (SSSR count). The lowest BCUT2D eigenvalue weighted by Crippen LogP contribution is -2.08. The average molecular weight is 199 g/mol. The highest BCUT2D eigenvalue weighted by atomic mass is 14.6. The zero-order valence-corrected chi connectivity index (χ0v) is 9.33. The standard InChI is InChI=1S/C14H17N/c1-3-14(15)12-7-8-13-10(2)5-4-6-11(13)9-12/h4-9,14H,3,15H2,1-2H3. The quantitative estimate of drug-likeness (QED) is 0.786. The molecule has 0 aliphatic rings. The molecule has 0 amide bonds. The SMILES string of the molecule is CCC(N)c1ccc2c(C)cccc2c1. The normalized spacial score (nSPS) is 13.0. The van der Waals surface area contributed by atoms with Crippen LogP contribution < -0.4 is 5.73 Å². The van der Waals surface area contributed by atoms with Gasteiger partial charge in [-0.05, 0) is 41.3 Å². The van der Waals surface area contributed by atoms with Crippen LogP contribution in [0.25, 0.3) is 10.8 Å². The van der Waals surface area contributed by atoms with Crippen LogP contribution in [0.1, 0.15) is 30.5 Å². The molecular formula is C14H17N. The first kappa shape index (κ1) is 10.2. The first-order valence-electron chi connectivity index (χ1n) is 5.47. The number of rotatable bonds is 2. The van der Waals surface area contributed by atoms with Gasteiger partial charge in [0.2, 0.25) is 0 Å². The fourth-order valence-electron chi connectivity index (χ4n) is 1.93. The van der Waals surface area contributed by atoms with Crippen LogP contribution in [0, 0.1) is 6.92 Å². The number of aryl methyl sites for hydroxylation is 1. The molecule has 0 radical (unpaired) electrons. The Balaban J connectivity index is 2.57. The lowest BCUT2D eigenvalue weighted by molar-refractivity contribution is 0.700. The number of benzene rings is 2. The second-order valence-electron chi connectivity index (χ2n) is 4.07. The molecule has 15 heavy (non-hydrogen) atoms. The lowest BCUT2D eigenvalue weighted by Gasteiger charge is -2.10. The summed E-state index contributed by atoms with van der Waals surface area (Å²) in [6, 6.07) is 13.1. The third kappa shape index (κ3) is 1.88. The average Bonchev–Trinajstić information content (AvgIpc) is 2.28. The van der Waals surface area contributed by atoms with Gasteiger partial charge in [-0.25, -0.2) is 0 Å². The molecule has 78 valence electrons. The Bertz CT molecular complexity index is 474. The maximum atomic E-state index is 6.02. The molecule has 2 aromatic carbocycles. The molecule has 0 heterocycles. The van der Waals surface area contributed by atoms with Gasteiger partial charge in [0.15, 0.2) is 0 Å². The molecule has 0 fully saturated rings. The minimum Gasteiger partial charge on any atom is -0.324 e. The largest absolute Gasteiger partial charge is 0.324 e. The molecule has 2 N–H and O–H groups in total. The van der Waals surface area contributed by atoms with Gasteiger partial charge in [-0.2, -0.15) is 0 Å². The van der Waals surface area contributed by atoms with Crippen molar-refractivity contribution in [3.05, 3.63) is 47.5 Å². The number of hydrogen-bond acceptors (Lipinski definition) is 1. The zero-order chi connectivity index (χ0) is 10.8. The molecule has 0 saturated carbocycles. The molecule has 1 unspecified atom stereocenters. The highest BCUT2D eigenvalue weighted by Gasteiger charge is 2.04. The minimum absolute atomic E-state index is 0.162. The summed E-state index contributed by atoms with van der Waals surface area (Å²) in [7, 11) is 0. The third-order valence-electron chi connectivity index (χ3n) is 2.99. The van der Waals surface area contributed by atoms with Crippen molar-refractivity contribution in [1.82, 2.24) is 0 Å². The Kier molecular flexibility index (Phi) is 2.74. The maximum Gasteiger partial charge on any atom is 0.0292 e. The summed E-state index contributed by atoms with van der Waals surface area (Å²) >= 11 is 0. The first-order chi connectivity index (χ1) is 7.22. The number of hydrogen-bond donors (Lipinski definition) is 1. The molecule has 1 nitrogen and oxygen atoms in total. The van der Waals surface area contributed by atoms with Gasteiger partial charge in [-0.1, -0.05) is 37.3 Å². The molecule has 0 aliphatic carbocycles. The van der Waals surface area contributed by atoms with Gasteiger partial charge < -0.3 is 5.73 Å². The van der Waals surface area contributed by atoms with Crippen molar-refractivity contribution in [3.63, 3.8) is 0 Å². The lowest BCUT2D eigenvalue weighted by atomic mass is 9.99. The van der Waals surface area contributed by atoms with Gasteiger partial charge in [0.05, 0.1) is 0 Å². The van der Waals surface area contributed by atoms with Crippen LogP contribution in [0.3, 0.4) is 0 Å². The summed E-state index contributed by atoms with van der Waals surface area (Å²) < 4.78 is 0. The van der Waals surface area contributed by atoms with Crippen molar-refractivity contribution in [1.29, 1.82) is 0 Å². The second kappa shape index (κ2) is 4.03. The van der Waals surface area contributed by atoms with Crippen LogP contribution in [0.4, 0.5) is 0 Å². The number of nitrogens with two attached hydrogens (primary N) is 1. The second-order valence-corrected chi connectivity index (χ2v) is 4.07. The highest BCUT2D eigenvalue weighted by Crippen LogP contribution is 2.23. The van der Waals surface area contributed by atoms with Crippen LogP contribution in [0.5, 0.6) is 0 Å². The zero-order valence-electron chi connectivity index (χ0n) is 9.33. The van der Waals surface area contributed by atoms with Crippen molar-refractivity contribution >= 4 is 10.8 Å². The summed E-state index contributed by atoms with van der Waals surface area (Å²) in [4.78, 5) is 0. The number of fused-ring (bicyclic) bond motifs is 1. The van der Waals surface area contributed by atoms with E-state index in [1.54, 1.807) is 0 Å². The fourth-order valence-corrected chi connectivity index (χ4v) is 1.93. The van der Waals surface area contributed by atoms with Gasteiger partial charge >= 0.3 is 0 Å². The van der Waals surface area contributed by atoms with Gasteiger partial charge in [-0.15, -0.1) is 0 Å². The van der Waals surface area contributed by atoms with Gasteiger partial charge in [0.1, 0.15) is 0 Å². The molecular weight excluding hydrogens is 182 g/mol. The topological polar surface area (TPSA) is 26.0 Å². The van der Waals surface area contributed by atoms with Gasteiger partial charge in [0.25, 0.3) is 0 Å². The van der Waals surface area contributed by atoms with E-state index in [2.05, 4.69) is 50.2 Å². The monoisotopic (exact) mass is 199 g/mol. The summed E-state index contributed by atoms with van der Waals surface area (Å²) in [5.74, 6) is 0. The predicted molar refractivity (Wildman–Crippen MR) is 65.9 cm³/mol. The summed E-state index contributed by atoms with van der Waals surface area (Å²) in [5.41, 5.74) is 8.58. The van der Waals surface area contributed by atoms with E-state index in [1.807, 2.05) is 0 Å². The molecule has 0 spiro atoms. The van der Waals surface area contributed by atoms with Crippen LogP contribution in [-0.2, 0) is 0 Å². The maximum absolute atomic E-state index is 6.02.